The number of amides is 3. The zero-order valence-corrected chi connectivity index (χ0v) is 61.5. The van der Waals surface area contributed by atoms with E-state index in [1.54, 1.807) is 0 Å². The van der Waals surface area contributed by atoms with Crippen LogP contribution in [0.4, 0.5) is 0 Å². The number of fused-ring (bicyclic) bond motifs is 15. The minimum Gasteiger partial charge on any atom is -0.467 e. The van der Waals surface area contributed by atoms with Crippen molar-refractivity contribution >= 4 is 35.5 Å². The van der Waals surface area contributed by atoms with Gasteiger partial charge in [-0.3, -0.25) is 14.4 Å². The molecule has 0 heterocycles. The Morgan fingerprint density at radius 2 is 0.907 bits per heavy atom. The molecule has 544 valence electrons. The number of aliphatic hydroxyl groups is 6. The molecule has 17 nitrogen and oxygen atoms in total. The first-order valence-electron chi connectivity index (χ1n) is 39.1. The predicted octanol–water partition coefficient (Wildman–Crippen LogP) is 11.7. The molecule has 0 bridgehead atoms. The maximum absolute atomic E-state index is 14.1. The number of ether oxygens (including phenoxy) is 1. The van der Waals surface area contributed by atoms with Gasteiger partial charge in [0.25, 0.3) is 0 Å². The first-order valence-corrected chi connectivity index (χ1v) is 40.3. The van der Waals surface area contributed by atoms with Gasteiger partial charge in [-0.25, -0.2) is 4.79 Å². The second-order valence-corrected chi connectivity index (χ2v) is 37.9. The third kappa shape index (κ3) is 12.8. The molecular weight excluding hydrogens is 1240 g/mol. The van der Waals surface area contributed by atoms with Crippen LogP contribution in [-0.4, -0.2) is 134 Å². The quantitative estimate of drug-likeness (QED) is 0.0137. The van der Waals surface area contributed by atoms with Gasteiger partial charge in [-0.1, -0.05) is 73.3 Å². The Kier molecular flexibility index (Phi) is 21.6. The van der Waals surface area contributed by atoms with Crippen molar-refractivity contribution in [3.63, 3.8) is 0 Å². The standard InChI is InChI=1S/C79H126N6O11S/c1-12-31-97-41-60(73(95)96-11)83-69(94)24-15-44(4)53-18-21-55-71-58(39-65(90)79(53,55)10)75(6)29-26-49(33-46(75)36-62(71)87)81-67(92)22-13-42(2)51-16-19-54-70-57(38-64(89)77(51,54)8)74(5)28-25-48(32-45(74)35-61(70)86)82-68(93)23-14-43(3)52-17-20-56-72-59(40-66(91)78(52,56)9)76(7)30-27-50(84-85-80)34-47(76)37-63(72)88/h1,42-66,70-72,86-91H,13-41H2,2-11H3,(H,81,92)(H,82,93)(H,83,94)/t42-,43-,44-,45+,46+,47+,48-,49-,50-,51-,52-,53-,54+,55+,56+,57+,58+,59+,60+,61-,62-,63-,64+,65+,66+,70+,71+,72+,74+,75+,76+,77-,78-,79-/m1/s1. The first-order chi connectivity index (χ1) is 46.0. The number of carbonyl (C=O) groups excluding carboxylic acids is 4. The van der Waals surface area contributed by atoms with Crippen LogP contribution >= 0.6 is 11.8 Å². The Labute approximate surface area is 585 Å². The molecule has 0 aromatic carbocycles. The van der Waals surface area contributed by atoms with E-state index in [0.29, 0.717) is 62.9 Å². The summed E-state index contributed by atoms with van der Waals surface area (Å²) in [5.74, 6) is 6.38. The molecule has 18 heteroatoms. The summed E-state index contributed by atoms with van der Waals surface area (Å²) in [6.07, 6.45) is 23.7. The Hall–Kier alpha value is -3.14. The van der Waals surface area contributed by atoms with Crippen molar-refractivity contribution in [2.24, 2.45) is 144 Å². The topological polar surface area (TPSA) is 284 Å². The van der Waals surface area contributed by atoms with Crippen LogP contribution in [0.3, 0.4) is 0 Å². The molecule has 0 unspecified atom stereocenters. The maximum atomic E-state index is 14.1. The van der Waals surface area contributed by atoms with Crippen molar-refractivity contribution in [2.45, 2.75) is 296 Å². The molecule has 12 aliphatic carbocycles. The molecule has 0 radical (unpaired) electrons. The molecule has 12 aliphatic rings. The van der Waals surface area contributed by atoms with Crippen molar-refractivity contribution in [3.05, 3.63) is 10.4 Å². The predicted molar refractivity (Wildman–Crippen MR) is 376 cm³/mol. The number of aliphatic hydroxyl groups excluding tert-OH is 6. The van der Waals surface area contributed by atoms with Gasteiger partial charge in [0.15, 0.2) is 0 Å². The molecule has 0 spiro atoms. The maximum Gasteiger partial charge on any atom is 0.329 e. The van der Waals surface area contributed by atoms with Crippen LogP contribution in [0, 0.1) is 151 Å². The number of esters is 1. The largest absolute Gasteiger partial charge is 0.467 e. The van der Waals surface area contributed by atoms with Gasteiger partial charge in [0.1, 0.15) is 6.04 Å². The Morgan fingerprint density at radius 1 is 0.536 bits per heavy atom. The molecular formula is C79H126N6O11S. The van der Waals surface area contributed by atoms with E-state index >= 15 is 0 Å². The Balaban J connectivity index is 0.592. The highest BCUT2D eigenvalue weighted by molar-refractivity contribution is 7.99. The van der Waals surface area contributed by atoms with E-state index in [1.165, 1.54) is 18.9 Å². The van der Waals surface area contributed by atoms with E-state index < -0.39 is 48.6 Å². The van der Waals surface area contributed by atoms with Crippen LogP contribution < -0.4 is 16.0 Å². The van der Waals surface area contributed by atoms with Crippen LogP contribution in [0.5, 0.6) is 0 Å². The minimum atomic E-state index is -0.768. The molecule has 12 rings (SSSR count). The summed E-state index contributed by atoms with van der Waals surface area (Å²) in [6.45, 7) is 20.8. The van der Waals surface area contributed by atoms with Crippen LogP contribution in [0.15, 0.2) is 5.11 Å². The Bertz CT molecular complexity index is 2970. The van der Waals surface area contributed by atoms with E-state index in [-0.39, 0.29) is 181 Å². The number of methoxy groups -OCH3 is 1. The highest BCUT2D eigenvalue weighted by Crippen LogP contribution is 2.72. The summed E-state index contributed by atoms with van der Waals surface area (Å²) in [7, 11) is 1.32. The fraction of sp³-hybridized carbons (Fsp3) is 0.924. The van der Waals surface area contributed by atoms with E-state index in [0.717, 1.165) is 116 Å². The van der Waals surface area contributed by atoms with E-state index in [9.17, 15) is 55.3 Å². The number of rotatable bonds is 20. The molecule has 34 atom stereocenters. The SMILES string of the molecule is C#CCSC[C@H](NC(=O)CC[C@@H](C)[C@H]1CC[C@H]2[C@@H]3[C@H](O)C[C@@H]4C[C@H](NC(=O)CC[C@@H](C)[C@H]5CC[C@H]6[C@@H]7[C@H](O)C[C@@H]8C[C@H](NC(=O)CC[C@@H](C)[C@H]9CC[C@H]%10[C@@H]%11[C@H](O)C[C@@H]%12C[C@H](N=[N+]=[N-])CC[C@]%12(C)[C@H]%11C[C@H](O)[C@]9%10C)CC[C@]8(C)[C@H]7C[C@H](O)[C@]56C)CC[C@]4(C)[C@H]3C[C@H](O)[C@]12C)C(=O)OC. The lowest BCUT2D eigenvalue weighted by atomic mass is 9.43. The van der Waals surface area contributed by atoms with Gasteiger partial charge in [0, 0.05) is 48.1 Å². The summed E-state index contributed by atoms with van der Waals surface area (Å²) in [6, 6.07) is -0.713. The van der Waals surface area contributed by atoms with Gasteiger partial charge >= 0.3 is 5.97 Å². The van der Waals surface area contributed by atoms with Gasteiger partial charge < -0.3 is 51.3 Å². The smallest absolute Gasteiger partial charge is 0.329 e. The minimum absolute atomic E-state index is 0.0125. The van der Waals surface area contributed by atoms with Crippen molar-refractivity contribution in [3.8, 4) is 12.3 Å². The number of azide groups is 1. The van der Waals surface area contributed by atoms with E-state index in [4.69, 9.17) is 11.2 Å². The molecule has 0 aliphatic heterocycles. The van der Waals surface area contributed by atoms with Crippen LogP contribution in [0.1, 0.15) is 236 Å². The fourth-order valence-corrected chi connectivity index (χ4v) is 28.7. The van der Waals surface area contributed by atoms with Crippen molar-refractivity contribution < 1.29 is 54.6 Å². The average Bonchev–Trinajstić information content (AvgIpc) is 1.68. The molecule has 0 saturated heterocycles. The zero-order valence-electron chi connectivity index (χ0n) is 60.7. The molecule has 12 saturated carbocycles. The second-order valence-electron chi connectivity index (χ2n) is 36.9. The van der Waals surface area contributed by atoms with Crippen molar-refractivity contribution in [2.75, 3.05) is 18.6 Å². The molecule has 12 fully saturated rings. The molecule has 0 aromatic heterocycles. The van der Waals surface area contributed by atoms with Gasteiger partial charge in [0.05, 0.1) is 49.5 Å². The number of nitrogens with one attached hydrogen (secondary N) is 3. The lowest BCUT2D eigenvalue weighted by molar-refractivity contribution is -0.202. The summed E-state index contributed by atoms with van der Waals surface area (Å²) in [5.41, 5.74) is 8.01. The molecule has 9 N–H and O–H groups in total. The lowest BCUT2D eigenvalue weighted by Crippen LogP contribution is -2.63. The Morgan fingerprint density at radius 3 is 1.28 bits per heavy atom. The highest BCUT2D eigenvalue weighted by Gasteiger charge is 2.70. The third-order valence-corrected chi connectivity index (χ3v) is 34.3. The number of carbonyl (C=O) groups is 4. The monoisotopic (exact) mass is 1370 g/mol. The normalized spacial score (nSPS) is 49.0. The first kappa shape index (κ1) is 73.6. The van der Waals surface area contributed by atoms with Gasteiger partial charge in [0.2, 0.25) is 17.7 Å². The number of hydrogen-bond donors (Lipinski definition) is 9. The van der Waals surface area contributed by atoms with Crippen LogP contribution in [-0.2, 0) is 23.9 Å². The molecule has 0 aromatic rings. The van der Waals surface area contributed by atoms with Gasteiger partial charge in [-0.05, 0) is 299 Å². The van der Waals surface area contributed by atoms with Crippen molar-refractivity contribution in [1.29, 1.82) is 0 Å². The molecule has 3 amide bonds. The van der Waals surface area contributed by atoms with E-state index in [2.05, 4.69) is 94.2 Å². The number of thioether (sulfide) groups is 1. The van der Waals surface area contributed by atoms with Crippen LogP contribution in [0.2, 0.25) is 0 Å². The summed E-state index contributed by atoms with van der Waals surface area (Å²) >= 11 is 1.40. The second kappa shape index (κ2) is 28.5. The summed E-state index contributed by atoms with van der Waals surface area (Å²) < 4.78 is 4.95. The van der Waals surface area contributed by atoms with Crippen LogP contribution in [0.25, 0.3) is 10.4 Å². The summed E-state index contributed by atoms with van der Waals surface area (Å²) in [5, 5.41) is 87.6. The fourth-order valence-electron chi connectivity index (χ4n) is 28.0. The third-order valence-electron chi connectivity index (χ3n) is 33.3. The lowest BCUT2D eigenvalue weighted by Gasteiger charge is -2.64. The number of nitrogens with zero attached hydrogens (tertiary/aromatic N) is 3. The zero-order chi connectivity index (χ0) is 69.6. The average molecular weight is 1370 g/mol. The van der Waals surface area contributed by atoms with E-state index in [1.807, 2.05) is 0 Å². The molecule has 97 heavy (non-hydrogen) atoms. The summed E-state index contributed by atoms with van der Waals surface area (Å²) in [4.78, 5) is 56.9. The number of terminal acetylenes is 1. The van der Waals surface area contributed by atoms with Crippen molar-refractivity contribution in [1.82, 2.24) is 16.0 Å². The number of hydrogen-bond acceptors (Lipinski definition) is 13. The van der Waals surface area contributed by atoms with Gasteiger partial charge in [-0.2, -0.15) is 0 Å². The highest BCUT2D eigenvalue weighted by atomic mass is 32.2. The van der Waals surface area contributed by atoms with Gasteiger partial charge in [-0.15, -0.1) is 18.2 Å².